The van der Waals surface area contributed by atoms with Crippen molar-refractivity contribution in [3.63, 3.8) is 0 Å². The van der Waals surface area contributed by atoms with E-state index < -0.39 is 5.60 Å². The van der Waals surface area contributed by atoms with Crippen LogP contribution >= 0.6 is 11.8 Å². The fourth-order valence-corrected chi connectivity index (χ4v) is 4.71. The normalized spacial score (nSPS) is 47.9. The molecular formula is C12H18OS. The van der Waals surface area contributed by atoms with Gasteiger partial charge in [-0.1, -0.05) is 25.7 Å². The van der Waals surface area contributed by atoms with Crippen LogP contribution in [0.5, 0.6) is 0 Å². The molecule has 1 saturated heterocycles. The van der Waals surface area contributed by atoms with Gasteiger partial charge in [0, 0.05) is 16.4 Å². The van der Waals surface area contributed by atoms with E-state index >= 15 is 0 Å². The quantitative estimate of drug-likeness (QED) is 0.620. The molecule has 14 heavy (non-hydrogen) atoms. The molecule has 0 unspecified atom stereocenters. The highest BCUT2D eigenvalue weighted by molar-refractivity contribution is 8.00. The van der Waals surface area contributed by atoms with Crippen LogP contribution in [0.3, 0.4) is 0 Å². The second-order valence-corrected chi connectivity index (χ2v) is 6.33. The number of thioether (sulfide) groups is 1. The molecule has 78 valence electrons. The molecule has 1 saturated carbocycles. The number of hydrogen-bond donors (Lipinski definition) is 1. The van der Waals surface area contributed by atoms with Crippen LogP contribution in [0, 0.1) is 18.3 Å². The van der Waals surface area contributed by atoms with Gasteiger partial charge in [0.25, 0.3) is 0 Å². The molecule has 0 amide bonds. The van der Waals surface area contributed by atoms with Crippen molar-refractivity contribution >= 4 is 11.8 Å². The summed E-state index contributed by atoms with van der Waals surface area (Å²) in [6.45, 7) is 2.18. The maximum atomic E-state index is 10.4. The van der Waals surface area contributed by atoms with Crippen LogP contribution in [0.25, 0.3) is 0 Å². The molecular weight excluding hydrogens is 192 g/mol. The fourth-order valence-electron chi connectivity index (χ4n) is 2.91. The van der Waals surface area contributed by atoms with E-state index in [2.05, 4.69) is 12.8 Å². The van der Waals surface area contributed by atoms with Crippen LogP contribution in [0.4, 0.5) is 0 Å². The van der Waals surface area contributed by atoms with Crippen molar-refractivity contribution in [2.24, 2.45) is 5.92 Å². The minimum Gasteiger partial charge on any atom is -0.377 e. The Morgan fingerprint density at radius 3 is 2.86 bits per heavy atom. The van der Waals surface area contributed by atoms with Crippen LogP contribution in [0.15, 0.2) is 0 Å². The lowest BCUT2D eigenvalue weighted by molar-refractivity contribution is 0.0108. The average Bonchev–Trinajstić information content (AvgIpc) is 2.17. The molecule has 1 N–H and O–H groups in total. The van der Waals surface area contributed by atoms with Crippen molar-refractivity contribution in [1.29, 1.82) is 0 Å². The first-order chi connectivity index (χ1) is 6.65. The maximum absolute atomic E-state index is 10.4. The minimum absolute atomic E-state index is 0.349. The predicted octanol–water partition coefficient (Wildman–Crippen LogP) is 2.43. The van der Waals surface area contributed by atoms with Crippen LogP contribution < -0.4 is 0 Å². The standard InChI is InChI=1S/C12H18OS/c1-3-12(13)8-9(2)14-11-7-5-4-6-10(11)12/h1,9-11,13H,4-8H2,2H3/t9-,10-,11-,12-/m0/s1. The van der Waals surface area contributed by atoms with Gasteiger partial charge in [-0.3, -0.25) is 0 Å². The van der Waals surface area contributed by atoms with E-state index in [-0.39, 0.29) is 0 Å². The molecule has 0 aromatic carbocycles. The van der Waals surface area contributed by atoms with E-state index in [4.69, 9.17) is 6.42 Å². The summed E-state index contributed by atoms with van der Waals surface area (Å²) < 4.78 is 0. The topological polar surface area (TPSA) is 20.2 Å². The highest BCUT2D eigenvalue weighted by atomic mass is 32.2. The molecule has 1 heterocycles. The van der Waals surface area contributed by atoms with E-state index in [1.165, 1.54) is 19.3 Å². The molecule has 0 bridgehead atoms. The molecule has 0 spiro atoms. The summed E-state index contributed by atoms with van der Waals surface area (Å²) in [6.07, 6.45) is 11.2. The van der Waals surface area contributed by atoms with Crippen molar-refractivity contribution in [2.75, 3.05) is 0 Å². The molecule has 2 aliphatic rings. The average molecular weight is 210 g/mol. The Bertz CT molecular complexity index is 258. The highest BCUT2D eigenvalue weighted by Gasteiger charge is 2.46. The zero-order chi connectivity index (χ0) is 10.2. The maximum Gasteiger partial charge on any atom is 0.130 e. The Kier molecular flexibility index (Phi) is 2.81. The third kappa shape index (κ3) is 1.68. The molecule has 2 rings (SSSR count). The van der Waals surface area contributed by atoms with Gasteiger partial charge in [0.15, 0.2) is 0 Å². The second kappa shape index (κ2) is 3.79. The molecule has 2 fully saturated rings. The summed E-state index contributed by atoms with van der Waals surface area (Å²) in [7, 11) is 0. The minimum atomic E-state index is -0.810. The van der Waals surface area contributed by atoms with Gasteiger partial charge in [0.2, 0.25) is 0 Å². The Morgan fingerprint density at radius 2 is 2.14 bits per heavy atom. The predicted molar refractivity (Wildman–Crippen MR) is 61.2 cm³/mol. The largest absolute Gasteiger partial charge is 0.377 e. The van der Waals surface area contributed by atoms with Gasteiger partial charge in [0.1, 0.15) is 5.60 Å². The lowest BCUT2D eigenvalue weighted by Gasteiger charge is -2.46. The van der Waals surface area contributed by atoms with Crippen molar-refractivity contribution in [1.82, 2.24) is 0 Å². The zero-order valence-electron chi connectivity index (χ0n) is 8.70. The molecule has 0 aromatic rings. The molecule has 4 atom stereocenters. The highest BCUT2D eigenvalue weighted by Crippen LogP contribution is 2.48. The van der Waals surface area contributed by atoms with Crippen molar-refractivity contribution in [3.8, 4) is 12.3 Å². The van der Waals surface area contributed by atoms with E-state index in [9.17, 15) is 5.11 Å². The SMILES string of the molecule is C#C[C@]1(O)C[C@H](C)S[C@H]2CCCC[C@@H]21. The summed E-state index contributed by atoms with van der Waals surface area (Å²) >= 11 is 2.03. The number of hydrogen-bond acceptors (Lipinski definition) is 2. The lowest BCUT2D eigenvalue weighted by atomic mass is 9.74. The van der Waals surface area contributed by atoms with E-state index in [0.717, 1.165) is 12.8 Å². The number of fused-ring (bicyclic) bond motifs is 1. The molecule has 0 radical (unpaired) electrons. The van der Waals surface area contributed by atoms with Gasteiger partial charge in [-0.2, -0.15) is 11.8 Å². The smallest absolute Gasteiger partial charge is 0.130 e. The first kappa shape index (κ1) is 10.4. The number of rotatable bonds is 0. The molecule has 0 aromatic heterocycles. The third-order valence-corrected chi connectivity index (χ3v) is 5.12. The Balaban J connectivity index is 2.20. The monoisotopic (exact) mass is 210 g/mol. The van der Waals surface area contributed by atoms with Gasteiger partial charge in [-0.25, -0.2) is 0 Å². The fraction of sp³-hybridized carbons (Fsp3) is 0.833. The van der Waals surface area contributed by atoms with Crippen LogP contribution in [0.2, 0.25) is 0 Å². The van der Waals surface area contributed by atoms with Crippen molar-refractivity contribution in [3.05, 3.63) is 0 Å². The van der Waals surface area contributed by atoms with Gasteiger partial charge in [-0.15, -0.1) is 6.42 Å². The van der Waals surface area contributed by atoms with Gasteiger partial charge in [0.05, 0.1) is 0 Å². The summed E-state index contributed by atoms with van der Waals surface area (Å²) in [5.74, 6) is 3.00. The summed E-state index contributed by atoms with van der Waals surface area (Å²) in [5.41, 5.74) is -0.810. The molecule has 2 heteroatoms. The second-order valence-electron chi connectivity index (χ2n) is 4.65. The Labute approximate surface area is 90.7 Å². The van der Waals surface area contributed by atoms with Crippen molar-refractivity contribution < 1.29 is 5.11 Å². The summed E-state index contributed by atoms with van der Waals surface area (Å²) in [5, 5.41) is 11.5. The van der Waals surface area contributed by atoms with Crippen LogP contribution in [0.1, 0.15) is 39.0 Å². The van der Waals surface area contributed by atoms with E-state index in [0.29, 0.717) is 16.4 Å². The van der Waals surface area contributed by atoms with Gasteiger partial charge < -0.3 is 5.11 Å². The van der Waals surface area contributed by atoms with E-state index in [1.807, 2.05) is 11.8 Å². The van der Waals surface area contributed by atoms with Crippen molar-refractivity contribution in [2.45, 2.75) is 55.1 Å². The van der Waals surface area contributed by atoms with Gasteiger partial charge in [-0.05, 0) is 19.3 Å². The lowest BCUT2D eigenvalue weighted by Crippen LogP contribution is -2.49. The Morgan fingerprint density at radius 1 is 1.43 bits per heavy atom. The third-order valence-electron chi connectivity index (χ3n) is 3.57. The van der Waals surface area contributed by atoms with Gasteiger partial charge >= 0.3 is 0 Å². The number of aliphatic hydroxyl groups is 1. The van der Waals surface area contributed by atoms with Crippen LogP contribution in [-0.2, 0) is 0 Å². The summed E-state index contributed by atoms with van der Waals surface area (Å²) in [4.78, 5) is 0. The summed E-state index contributed by atoms with van der Waals surface area (Å²) in [6, 6.07) is 0. The zero-order valence-corrected chi connectivity index (χ0v) is 9.52. The first-order valence-electron chi connectivity index (χ1n) is 5.51. The molecule has 1 aliphatic carbocycles. The first-order valence-corrected chi connectivity index (χ1v) is 6.45. The van der Waals surface area contributed by atoms with E-state index in [1.54, 1.807) is 0 Å². The van der Waals surface area contributed by atoms with Crippen LogP contribution in [-0.4, -0.2) is 21.2 Å². The number of terminal acetylenes is 1. The molecule has 1 aliphatic heterocycles. The Hall–Kier alpha value is -0.130. The molecule has 1 nitrogen and oxygen atoms in total.